The second kappa shape index (κ2) is 16.5. The smallest absolute Gasteiger partial charge is 0.264 e. The Kier molecular flexibility index (Phi) is 12.5. The van der Waals surface area contributed by atoms with E-state index in [4.69, 9.17) is 21.1 Å². The number of halogens is 1. The van der Waals surface area contributed by atoms with Crippen LogP contribution in [-0.4, -0.2) is 58.0 Å². The Hall–Kier alpha value is -4.54. The van der Waals surface area contributed by atoms with Crippen LogP contribution in [0.2, 0.25) is 5.02 Å². The molecule has 0 aliphatic rings. The number of nitrogens with one attached hydrogen (secondary N) is 1. The SMILES string of the molecule is CCC(C)NC(=O)C(Cc1ccccc1)N(Cc1ccc(C)cc1)C(=O)CN(c1ccc(Cl)cc1)S(=O)(=O)c1ccc(OC)c(OC)c1. The van der Waals surface area contributed by atoms with Crippen LogP contribution in [0.5, 0.6) is 11.5 Å². The predicted molar refractivity (Wildman–Crippen MR) is 189 cm³/mol. The molecule has 4 aromatic carbocycles. The zero-order valence-corrected chi connectivity index (χ0v) is 29.4. The lowest BCUT2D eigenvalue weighted by molar-refractivity contribution is -0.140. The number of anilines is 1. The van der Waals surface area contributed by atoms with Gasteiger partial charge in [0.1, 0.15) is 12.6 Å². The molecule has 254 valence electrons. The summed E-state index contributed by atoms with van der Waals surface area (Å²) in [4.78, 5) is 30.0. The molecule has 4 rings (SSSR count). The highest BCUT2D eigenvalue weighted by atomic mass is 35.5. The van der Waals surface area contributed by atoms with Gasteiger partial charge in [0.2, 0.25) is 11.8 Å². The van der Waals surface area contributed by atoms with E-state index in [1.165, 1.54) is 49.5 Å². The zero-order chi connectivity index (χ0) is 34.8. The molecule has 0 fully saturated rings. The van der Waals surface area contributed by atoms with E-state index in [0.29, 0.717) is 17.2 Å². The molecule has 2 amide bonds. The Bertz CT molecular complexity index is 1780. The second-order valence-electron chi connectivity index (χ2n) is 11.5. The number of benzene rings is 4. The van der Waals surface area contributed by atoms with Gasteiger partial charge in [0, 0.05) is 30.1 Å². The van der Waals surface area contributed by atoms with Crippen molar-refractivity contribution in [2.45, 2.75) is 57.1 Å². The number of carbonyl (C=O) groups is 2. The molecule has 4 aromatic rings. The molecule has 0 saturated heterocycles. The van der Waals surface area contributed by atoms with Crippen LogP contribution in [0.25, 0.3) is 0 Å². The van der Waals surface area contributed by atoms with Crippen molar-refractivity contribution in [1.82, 2.24) is 10.2 Å². The van der Waals surface area contributed by atoms with Gasteiger partial charge in [0.25, 0.3) is 10.0 Å². The van der Waals surface area contributed by atoms with Crippen molar-refractivity contribution in [3.8, 4) is 11.5 Å². The molecule has 0 spiro atoms. The number of hydrogen-bond acceptors (Lipinski definition) is 6. The topological polar surface area (TPSA) is 105 Å². The molecular weight excluding hydrogens is 650 g/mol. The summed E-state index contributed by atoms with van der Waals surface area (Å²) in [5, 5.41) is 3.45. The third-order valence-electron chi connectivity index (χ3n) is 8.08. The van der Waals surface area contributed by atoms with Gasteiger partial charge in [-0.05, 0) is 67.8 Å². The average molecular weight is 692 g/mol. The van der Waals surface area contributed by atoms with Crippen molar-refractivity contribution >= 4 is 39.1 Å². The number of hydrogen-bond donors (Lipinski definition) is 1. The van der Waals surface area contributed by atoms with E-state index in [1.807, 2.05) is 75.4 Å². The fraction of sp³-hybridized carbons (Fsp3) is 0.297. The van der Waals surface area contributed by atoms with Crippen molar-refractivity contribution in [2.24, 2.45) is 0 Å². The number of carbonyl (C=O) groups excluding carboxylic acids is 2. The lowest BCUT2D eigenvalue weighted by atomic mass is 10.0. The molecule has 1 N–H and O–H groups in total. The van der Waals surface area contributed by atoms with Crippen LogP contribution >= 0.6 is 11.6 Å². The van der Waals surface area contributed by atoms with Crippen LogP contribution < -0.4 is 19.1 Å². The number of nitrogens with zero attached hydrogens (tertiary/aromatic N) is 2. The third-order valence-corrected chi connectivity index (χ3v) is 10.1. The van der Waals surface area contributed by atoms with Gasteiger partial charge >= 0.3 is 0 Å². The van der Waals surface area contributed by atoms with Gasteiger partial charge in [-0.2, -0.15) is 0 Å². The van der Waals surface area contributed by atoms with Crippen LogP contribution in [0.15, 0.2) is 102 Å². The monoisotopic (exact) mass is 691 g/mol. The molecule has 9 nitrogen and oxygen atoms in total. The second-order valence-corrected chi connectivity index (χ2v) is 13.8. The van der Waals surface area contributed by atoms with Crippen LogP contribution in [0.1, 0.15) is 37.0 Å². The van der Waals surface area contributed by atoms with Crippen molar-refractivity contribution in [1.29, 1.82) is 0 Å². The third kappa shape index (κ3) is 9.08. The first kappa shape index (κ1) is 36.3. The van der Waals surface area contributed by atoms with Gasteiger partial charge in [0.15, 0.2) is 11.5 Å². The van der Waals surface area contributed by atoms with E-state index in [-0.39, 0.29) is 41.2 Å². The number of ether oxygens (including phenoxy) is 2. The summed E-state index contributed by atoms with van der Waals surface area (Å²) in [6, 6.07) is 26.5. The van der Waals surface area contributed by atoms with E-state index in [1.54, 1.807) is 12.1 Å². The lowest BCUT2D eigenvalue weighted by Crippen LogP contribution is -2.54. The van der Waals surface area contributed by atoms with Crippen molar-refractivity contribution in [2.75, 3.05) is 25.1 Å². The van der Waals surface area contributed by atoms with Crippen LogP contribution in [0.4, 0.5) is 5.69 Å². The van der Waals surface area contributed by atoms with Crippen molar-refractivity contribution in [3.05, 3.63) is 119 Å². The van der Waals surface area contributed by atoms with E-state index < -0.39 is 28.5 Å². The lowest BCUT2D eigenvalue weighted by Gasteiger charge is -2.34. The van der Waals surface area contributed by atoms with Gasteiger partial charge < -0.3 is 19.7 Å². The minimum atomic E-state index is -4.35. The Morgan fingerprint density at radius 2 is 1.50 bits per heavy atom. The number of amides is 2. The highest BCUT2D eigenvalue weighted by Crippen LogP contribution is 2.33. The highest BCUT2D eigenvalue weighted by molar-refractivity contribution is 7.92. The number of rotatable bonds is 15. The summed E-state index contributed by atoms with van der Waals surface area (Å²) in [6.07, 6.45) is 0.924. The summed E-state index contributed by atoms with van der Waals surface area (Å²) in [6.45, 7) is 5.33. The van der Waals surface area contributed by atoms with E-state index in [9.17, 15) is 18.0 Å². The van der Waals surface area contributed by atoms with Crippen molar-refractivity contribution in [3.63, 3.8) is 0 Å². The molecule has 0 saturated carbocycles. The van der Waals surface area contributed by atoms with Crippen LogP contribution in [0, 0.1) is 6.92 Å². The Labute approximate surface area is 288 Å². The standard InChI is InChI=1S/C37H42ClN3O6S/c1-6-27(3)39-37(43)33(22-28-10-8-7-9-11-28)40(24-29-14-12-26(2)13-15-29)36(42)25-41(31-18-16-30(38)17-19-31)48(44,45)32-20-21-34(46-4)35(23-32)47-5/h7-21,23,27,33H,6,22,24-25H2,1-5H3,(H,39,43). The highest BCUT2D eigenvalue weighted by Gasteiger charge is 2.35. The maximum atomic E-state index is 14.6. The van der Waals surface area contributed by atoms with E-state index >= 15 is 0 Å². The fourth-order valence-electron chi connectivity index (χ4n) is 5.13. The minimum absolute atomic E-state index is 0.0788. The quantitative estimate of drug-likeness (QED) is 0.154. The number of sulfonamides is 1. The molecule has 0 heterocycles. The molecule has 48 heavy (non-hydrogen) atoms. The molecule has 2 unspecified atom stereocenters. The van der Waals surface area contributed by atoms with Crippen LogP contribution in [-0.2, 0) is 32.6 Å². The molecule has 2 atom stereocenters. The Balaban J connectivity index is 1.82. The van der Waals surface area contributed by atoms with Crippen LogP contribution in [0.3, 0.4) is 0 Å². The average Bonchev–Trinajstić information content (AvgIpc) is 3.09. The molecule has 0 aliphatic carbocycles. The molecular formula is C37H42ClN3O6S. The predicted octanol–water partition coefficient (Wildman–Crippen LogP) is 6.42. The van der Waals surface area contributed by atoms with Gasteiger partial charge in [-0.1, -0.05) is 78.7 Å². The number of methoxy groups -OCH3 is 2. The summed E-state index contributed by atoms with van der Waals surface area (Å²) in [5.74, 6) is -0.318. The minimum Gasteiger partial charge on any atom is -0.493 e. The van der Waals surface area contributed by atoms with Gasteiger partial charge in [-0.25, -0.2) is 8.42 Å². The fourth-order valence-corrected chi connectivity index (χ4v) is 6.68. The molecule has 0 aliphatic heterocycles. The molecule has 0 radical (unpaired) electrons. The first-order chi connectivity index (χ1) is 23.0. The molecule has 0 bridgehead atoms. The Morgan fingerprint density at radius 1 is 0.854 bits per heavy atom. The Morgan fingerprint density at radius 3 is 2.10 bits per heavy atom. The van der Waals surface area contributed by atoms with E-state index in [0.717, 1.165) is 21.0 Å². The van der Waals surface area contributed by atoms with E-state index in [2.05, 4.69) is 5.32 Å². The largest absolute Gasteiger partial charge is 0.493 e. The molecule has 0 aromatic heterocycles. The maximum Gasteiger partial charge on any atom is 0.264 e. The summed E-state index contributed by atoms with van der Waals surface area (Å²) in [7, 11) is -1.49. The molecule has 11 heteroatoms. The first-order valence-corrected chi connectivity index (χ1v) is 17.5. The summed E-state index contributed by atoms with van der Waals surface area (Å²) < 4.78 is 40.4. The summed E-state index contributed by atoms with van der Waals surface area (Å²) >= 11 is 6.17. The van der Waals surface area contributed by atoms with Gasteiger partial charge in [-0.3, -0.25) is 13.9 Å². The van der Waals surface area contributed by atoms with Crippen molar-refractivity contribution < 1.29 is 27.5 Å². The number of aryl methyl sites for hydroxylation is 1. The van der Waals surface area contributed by atoms with Gasteiger partial charge in [-0.15, -0.1) is 0 Å². The zero-order valence-electron chi connectivity index (χ0n) is 27.9. The van der Waals surface area contributed by atoms with Gasteiger partial charge in [0.05, 0.1) is 24.8 Å². The first-order valence-electron chi connectivity index (χ1n) is 15.7. The normalized spacial score (nSPS) is 12.5. The maximum absolute atomic E-state index is 14.6. The summed E-state index contributed by atoms with van der Waals surface area (Å²) in [5.41, 5.74) is 2.92.